The van der Waals surface area contributed by atoms with Crippen LogP contribution in [0.15, 0.2) is 12.1 Å². The van der Waals surface area contributed by atoms with Gasteiger partial charge in [-0.1, -0.05) is 6.07 Å². The van der Waals surface area contributed by atoms with Gasteiger partial charge in [0.25, 0.3) is 4.82 Å². The number of hydrogen-bond acceptors (Lipinski definition) is 2. The van der Waals surface area contributed by atoms with Crippen LogP contribution in [0.25, 0.3) is 0 Å². The second-order valence-corrected chi connectivity index (χ2v) is 4.12. The fourth-order valence-corrected chi connectivity index (χ4v) is 1.77. The largest absolute Gasteiger partial charge is 0.495 e. The highest BCUT2D eigenvalue weighted by atomic mass is 79.9. The third kappa shape index (κ3) is 2.50. The number of nitrogens with zero attached hydrogens (tertiary/aromatic N) is 1. The monoisotopic (exact) mass is 271 g/mol. The molecule has 4 heteroatoms. The van der Waals surface area contributed by atoms with E-state index in [1.165, 1.54) is 4.90 Å². The molecule has 0 aliphatic carbocycles. The molecule has 0 unspecified atom stereocenters. The van der Waals surface area contributed by atoms with Crippen molar-refractivity contribution in [3.63, 3.8) is 0 Å². The van der Waals surface area contributed by atoms with Crippen molar-refractivity contribution in [3.8, 4) is 5.75 Å². The summed E-state index contributed by atoms with van der Waals surface area (Å²) >= 11 is 2.92. The third-order valence-corrected chi connectivity index (χ3v) is 2.76. The maximum Gasteiger partial charge on any atom is 0.293 e. The van der Waals surface area contributed by atoms with Crippen molar-refractivity contribution in [1.82, 2.24) is 0 Å². The highest BCUT2D eigenvalue weighted by Crippen LogP contribution is 2.33. The van der Waals surface area contributed by atoms with E-state index < -0.39 is 0 Å². The molecule has 0 atom stereocenters. The zero-order valence-corrected chi connectivity index (χ0v) is 10.9. The van der Waals surface area contributed by atoms with Gasteiger partial charge in [0.05, 0.1) is 12.8 Å². The van der Waals surface area contributed by atoms with Crippen molar-refractivity contribution in [1.29, 1.82) is 0 Å². The van der Waals surface area contributed by atoms with Crippen LogP contribution in [0.2, 0.25) is 0 Å². The molecule has 82 valence electrons. The molecule has 0 saturated carbocycles. The zero-order valence-electron chi connectivity index (χ0n) is 9.30. The summed E-state index contributed by atoms with van der Waals surface area (Å²) in [6, 6.07) is 3.93. The van der Waals surface area contributed by atoms with E-state index >= 15 is 0 Å². The first kappa shape index (κ1) is 12.0. The van der Waals surface area contributed by atoms with Crippen molar-refractivity contribution in [2.45, 2.75) is 13.8 Å². The molecular weight excluding hydrogens is 258 g/mol. The molecule has 0 bridgehead atoms. The number of methoxy groups -OCH3 is 1. The SMILES string of the molecule is COc1cc(C)cc(C)c1N(C)C(=O)Br. The van der Waals surface area contributed by atoms with E-state index in [0.29, 0.717) is 5.75 Å². The number of carbonyl (C=O) groups excluding carboxylic acids is 1. The predicted molar refractivity (Wildman–Crippen MR) is 65.2 cm³/mol. The molecule has 0 aromatic heterocycles. The first-order valence-corrected chi connectivity index (χ1v) is 5.35. The Morgan fingerprint density at radius 2 is 2.00 bits per heavy atom. The van der Waals surface area contributed by atoms with Crippen LogP contribution in [-0.2, 0) is 0 Å². The first-order valence-electron chi connectivity index (χ1n) is 4.55. The second kappa shape index (κ2) is 4.66. The van der Waals surface area contributed by atoms with E-state index in [4.69, 9.17) is 4.74 Å². The van der Waals surface area contributed by atoms with Gasteiger partial charge in [0, 0.05) is 23.0 Å². The van der Waals surface area contributed by atoms with Gasteiger partial charge in [0.1, 0.15) is 5.75 Å². The highest BCUT2D eigenvalue weighted by molar-refractivity contribution is 9.18. The Balaban J connectivity index is 3.32. The lowest BCUT2D eigenvalue weighted by atomic mass is 10.1. The summed E-state index contributed by atoms with van der Waals surface area (Å²) in [5.41, 5.74) is 2.93. The van der Waals surface area contributed by atoms with Gasteiger partial charge in [-0.25, -0.2) is 0 Å². The van der Waals surface area contributed by atoms with Crippen LogP contribution < -0.4 is 9.64 Å². The van der Waals surface area contributed by atoms with Crippen molar-refractivity contribution >= 4 is 26.4 Å². The van der Waals surface area contributed by atoms with E-state index in [1.54, 1.807) is 14.2 Å². The number of rotatable bonds is 2. The molecule has 0 aliphatic heterocycles. The lowest BCUT2D eigenvalue weighted by molar-refractivity contribution is 0.266. The molecule has 1 aromatic rings. The number of ether oxygens (including phenoxy) is 1. The number of anilines is 1. The van der Waals surface area contributed by atoms with Crippen molar-refractivity contribution in [2.24, 2.45) is 0 Å². The van der Waals surface area contributed by atoms with Crippen LogP contribution in [0, 0.1) is 13.8 Å². The Kier molecular flexibility index (Phi) is 3.74. The Labute approximate surface area is 98.2 Å². The summed E-state index contributed by atoms with van der Waals surface area (Å²) in [5, 5.41) is 0. The molecule has 0 N–H and O–H groups in total. The Hall–Kier alpha value is -1.03. The number of hydrogen-bond donors (Lipinski definition) is 0. The van der Waals surface area contributed by atoms with Gasteiger partial charge in [-0.15, -0.1) is 0 Å². The highest BCUT2D eigenvalue weighted by Gasteiger charge is 2.15. The van der Waals surface area contributed by atoms with Gasteiger partial charge < -0.3 is 9.64 Å². The van der Waals surface area contributed by atoms with Crippen molar-refractivity contribution in [2.75, 3.05) is 19.1 Å². The van der Waals surface area contributed by atoms with Crippen LogP contribution in [0.3, 0.4) is 0 Å². The fourth-order valence-electron chi connectivity index (χ4n) is 1.59. The average Bonchev–Trinajstić information content (AvgIpc) is 2.15. The Bertz CT molecular complexity index is 390. The number of amides is 1. The molecule has 1 rings (SSSR count). The summed E-state index contributed by atoms with van der Waals surface area (Å²) in [7, 11) is 3.31. The number of aryl methyl sites for hydroxylation is 2. The van der Waals surface area contributed by atoms with E-state index in [2.05, 4.69) is 15.9 Å². The van der Waals surface area contributed by atoms with Gasteiger partial charge in [-0.3, -0.25) is 4.79 Å². The van der Waals surface area contributed by atoms with Gasteiger partial charge >= 0.3 is 0 Å². The number of halogens is 1. The van der Waals surface area contributed by atoms with Gasteiger partial charge in [-0.05, 0) is 31.0 Å². The molecule has 0 radical (unpaired) electrons. The van der Waals surface area contributed by atoms with Gasteiger partial charge in [0.15, 0.2) is 0 Å². The molecular formula is C11H14BrNO2. The number of carbonyl (C=O) groups is 1. The van der Waals surface area contributed by atoms with Crippen LogP contribution in [0.4, 0.5) is 10.5 Å². The standard InChI is InChI=1S/C11H14BrNO2/c1-7-5-8(2)10(9(6-7)15-4)13(3)11(12)14/h5-6H,1-4H3. The molecule has 3 nitrogen and oxygen atoms in total. The van der Waals surface area contributed by atoms with Crippen LogP contribution in [-0.4, -0.2) is 19.0 Å². The van der Waals surface area contributed by atoms with E-state index in [0.717, 1.165) is 16.8 Å². The Morgan fingerprint density at radius 3 is 2.47 bits per heavy atom. The summed E-state index contributed by atoms with van der Waals surface area (Å²) in [5.74, 6) is 0.711. The predicted octanol–water partition coefficient (Wildman–Crippen LogP) is 3.26. The quantitative estimate of drug-likeness (QED) is 0.611. The molecule has 1 amide bonds. The molecule has 0 spiro atoms. The first-order chi connectivity index (χ1) is 6.97. The molecule has 1 aromatic carbocycles. The van der Waals surface area contributed by atoms with Crippen LogP contribution >= 0.6 is 15.9 Å². The van der Waals surface area contributed by atoms with Crippen LogP contribution in [0.5, 0.6) is 5.75 Å². The lowest BCUT2D eigenvalue weighted by Gasteiger charge is -2.20. The topological polar surface area (TPSA) is 29.5 Å². The minimum absolute atomic E-state index is 0.187. The normalized spacial score (nSPS) is 9.93. The maximum absolute atomic E-state index is 11.2. The summed E-state index contributed by atoms with van der Waals surface area (Å²) < 4.78 is 5.26. The minimum atomic E-state index is -0.187. The maximum atomic E-state index is 11.2. The van der Waals surface area contributed by atoms with Crippen LogP contribution in [0.1, 0.15) is 11.1 Å². The van der Waals surface area contributed by atoms with Gasteiger partial charge in [0.2, 0.25) is 0 Å². The van der Waals surface area contributed by atoms with Crippen molar-refractivity contribution < 1.29 is 9.53 Å². The molecule has 0 aliphatic rings. The number of benzene rings is 1. The minimum Gasteiger partial charge on any atom is -0.495 e. The molecule has 0 heterocycles. The van der Waals surface area contributed by atoms with Crippen molar-refractivity contribution in [3.05, 3.63) is 23.3 Å². The van der Waals surface area contributed by atoms with Gasteiger partial charge in [-0.2, -0.15) is 0 Å². The summed E-state index contributed by atoms with van der Waals surface area (Å²) in [6.45, 7) is 3.95. The fraction of sp³-hybridized carbons (Fsp3) is 0.364. The lowest BCUT2D eigenvalue weighted by Crippen LogP contribution is -2.21. The smallest absolute Gasteiger partial charge is 0.293 e. The third-order valence-electron chi connectivity index (χ3n) is 2.23. The van der Waals surface area contributed by atoms with E-state index in [1.807, 2.05) is 26.0 Å². The second-order valence-electron chi connectivity index (χ2n) is 3.44. The van der Waals surface area contributed by atoms with E-state index in [9.17, 15) is 4.79 Å². The summed E-state index contributed by atoms with van der Waals surface area (Å²) in [6.07, 6.45) is 0. The zero-order chi connectivity index (χ0) is 11.6. The average molecular weight is 272 g/mol. The van der Waals surface area contributed by atoms with E-state index in [-0.39, 0.29) is 4.82 Å². The molecule has 0 fully saturated rings. The molecule has 0 saturated heterocycles. The molecule has 15 heavy (non-hydrogen) atoms. The Morgan fingerprint density at radius 1 is 1.40 bits per heavy atom. The summed E-state index contributed by atoms with van der Waals surface area (Å²) in [4.78, 5) is 12.6.